The van der Waals surface area contributed by atoms with Gasteiger partial charge in [-0.2, -0.15) is 0 Å². The van der Waals surface area contributed by atoms with Gasteiger partial charge in [0, 0.05) is 5.75 Å². The van der Waals surface area contributed by atoms with E-state index < -0.39 is 5.97 Å². The Morgan fingerprint density at radius 2 is 2.24 bits per heavy atom. The highest BCUT2D eigenvalue weighted by Crippen LogP contribution is 2.28. The molecule has 0 atom stereocenters. The summed E-state index contributed by atoms with van der Waals surface area (Å²) >= 11 is 4.77. The lowest BCUT2D eigenvalue weighted by Gasteiger charge is -2.05. The van der Waals surface area contributed by atoms with Crippen LogP contribution in [0.25, 0.3) is 0 Å². The highest BCUT2D eigenvalue weighted by molar-refractivity contribution is 9.10. The van der Waals surface area contributed by atoms with E-state index in [-0.39, 0.29) is 12.5 Å². The molecule has 6 nitrogen and oxygen atoms in total. The summed E-state index contributed by atoms with van der Waals surface area (Å²) in [4.78, 5) is 11.4. The lowest BCUT2D eigenvalue weighted by atomic mass is 10.2. The van der Waals surface area contributed by atoms with Crippen LogP contribution < -0.4 is 4.74 Å². The zero-order valence-electron chi connectivity index (χ0n) is 11.5. The van der Waals surface area contributed by atoms with Crippen molar-refractivity contribution in [2.24, 2.45) is 0 Å². The fourth-order valence-electron chi connectivity index (χ4n) is 1.49. The second kappa shape index (κ2) is 7.46. The Morgan fingerprint density at radius 3 is 2.90 bits per heavy atom. The fraction of sp³-hybridized carbons (Fsp3) is 0.308. The number of methoxy groups -OCH3 is 1. The number of nitrogens with zero attached hydrogens (tertiary/aromatic N) is 2. The van der Waals surface area contributed by atoms with E-state index in [1.165, 1.54) is 11.8 Å². The van der Waals surface area contributed by atoms with E-state index >= 15 is 0 Å². The molecule has 0 radical (unpaired) electrons. The third-order valence-corrected chi connectivity index (χ3v) is 3.94. The van der Waals surface area contributed by atoms with Crippen LogP contribution >= 0.6 is 27.7 Å². The van der Waals surface area contributed by atoms with Gasteiger partial charge >= 0.3 is 11.9 Å². The Labute approximate surface area is 134 Å². The minimum Gasteiger partial charge on any atom is -0.496 e. The second-order valence-corrected chi connectivity index (χ2v) is 5.63. The molecule has 1 aromatic heterocycles. The minimum atomic E-state index is -0.607. The molecule has 0 aliphatic heterocycles. The molecule has 2 rings (SSSR count). The maximum absolute atomic E-state index is 11.4. The van der Waals surface area contributed by atoms with Crippen molar-refractivity contribution in [3.63, 3.8) is 0 Å². The molecule has 0 bridgehead atoms. The molecule has 0 fully saturated rings. The van der Waals surface area contributed by atoms with Gasteiger partial charge in [-0.3, -0.25) is 0 Å². The average molecular weight is 373 g/mol. The average Bonchev–Trinajstić information content (AvgIpc) is 2.94. The molecule has 1 heterocycles. The quantitative estimate of drug-likeness (QED) is 0.568. The molecule has 8 heteroatoms. The third kappa shape index (κ3) is 4.21. The van der Waals surface area contributed by atoms with Crippen molar-refractivity contribution >= 4 is 33.7 Å². The van der Waals surface area contributed by atoms with Crippen LogP contribution in [0, 0.1) is 0 Å². The van der Waals surface area contributed by atoms with Gasteiger partial charge in [-0.25, -0.2) is 4.79 Å². The molecular formula is C13H13BrN2O4S. The molecular weight excluding hydrogens is 360 g/mol. The normalized spacial score (nSPS) is 10.4. The smallest absolute Gasteiger partial charge is 0.396 e. The number of carbonyl (C=O) groups excluding carboxylic acids is 1. The van der Waals surface area contributed by atoms with E-state index in [1.54, 1.807) is 14.0 Å². The number of aromatic nitrogens is 2. The lowest BCUT2D eigenvalue weighted by molar-refractivity contribution is 0.0475. The van der Waals surface area contributed by atoms with Crippen LogP contribution in [0.3, 0.4) is 0 Å². The number of benzene rings is 1. The van der Waals surface area contributed by atoms with Gasteiger partial charge in [0.25, 0.3) is 5.22 Å². The van der Waals surface area contributed by atoms with Gasteiger partial charge < -0.3 is 13.9 Å². The fourth-order valence-corrected chi connectivity index (χ4v) is 2.78. The SMILES string of the molecule is CCOC(=O)c1nnc(SCc2ccc(OC)c(Br)c2)o1. The standard InChI is InChI=1S/C13H13BrN2O4S/c1-3-19-12(17)11-15-16-13(20-11)21-7-8-4-5-10(18-2)9(14)6-8/h4-6H,3,7H2,1-2H3. The predicted molar refractivity (Wildman–Crippen MR) is 80.5 cm³/mol. The number of rotatable bonds is 6. The van der Waals surface area contributed by atoms with Crippen molar-refractivity contribution in [2.75, 3.05) is 13.7 Å². The Balaban J connectivity index is 1.97. The summed E-state index contributed by atoms with van der Waals surface area (Å²) in [6, 6.07) is 5.77. The van der Waals surface area contributed by atoms with E-state index in [4.69, 9.17) is 13.9 Å². The maximum atomic E-state index is 11.4. The second-order valence-electron chi connectivity index (χ2n) is 3.85. The summed E-state index contributed by atoms with van der Waals surface area (Å²) < 4.78 is 16.1. The number of halogens is 1. The van der Waals surface area contributed by atoms with Crippen LogP contribution in [0.2, 0.25) is 0 Å². The van der Waals surface area contributed by atoms with Crippen LogP contribution in [-0.4, -0.2) is 29.9 Å². The minimum absolute atomic E-state index is 0.129. The number of esters is 1. The summed E-state index contributed by atoms with van der Waals surface area (Å²) in [5.41, 5.74) is 1.06. The van der Waals surface area contributed by atoms with E-state index in [9.17, 15) is 4.79 Å². The molecule has 21 heavy (non-hydrogen) atoms. The Bertz CT molecular complexity index is 632. The molecule has 1 aromatic carbocycles. The first kappa shape index (κ1) is 15.8. The molecule has 0 amide bonds. The Morgan fingerprint density at radius 1 is 1.43 bits per heavy atom. The predicted octanol–water partition coefficient (Wildman–Crippen LogP) is 3.31. The van der Waals surface area contributed by atoms with Crippen molar-refractivity contribution in [3.05, 3.63) is 34.1 Å². The monoisotopic (exact) mass is 372 g/mol. The Hall–Kier alpha value is -1.54. The number of ether oxygens (including phenoxy) is 2. The highest BCUT2D eigenvalue weighted by atomic mass is 79.9. The van der Waals surface area contributed by atoms with Gasteiger partial charge in [0.1, 0.15) is 5.75 Å². The summed E-state index contributed by atoms with van der Waals surface area (Å²) in [6.45, 7) is 1.98. The molecule has 0 spiro atoms. The first-order valence-corrected chi connectivity index (χ1v) is 7.87. The first-order chi connectivity index (χ1) is 10.1. The highest BCUT2D eigenvalue weighted by Gasteiger charge is 2.16. The zero-order chi connectivity index (χ0) is 15.2. The van der Waals surface area contributed by atoms with Gasteiger partial charge in [-0.05, 0) is 40.5 Å². The van der Waals surface area contributed by atoms with Crippen LogP contribution in [0.5, 0.6) is 5.75 Å². The molecule has 2 aromatic rings. The summed E-state index contributed by atoms with van der Waals surface area (Å²) in [6.07, 6.45) is 0. The maximum Gasteiger partial charge on any atom is 0.396 e. The first-order valence-electron chi connectivity index (χ1n) is 6.10. The van der Waals surface area contributed by atoms with Gasteiger partial charge in [0.05, 0.1) is 18.2 Å². The van der Waals surface area contributed by atoms with E-state index in [1.807, 2.05) is 18.2 Å². The molecule has 0 N–H and O–H groups in total. The van der Waals surface area contributed by atoms with Crippen molar-refractivity contribution in [2.45, 2.75) is 17.9 Å². The van der Waals surface area contributed by atoms with Crippen molar-refractivity contribution in [1.82, 2.24) is 10.2 Å². The summed E-state index contributed by atoms with van der Waals surface area (Å²) in [5, 5.41) is 7.77. The molecule has 112 valence electrons. The van der Waals surface area contributed by atoms with Gasteiger partial charge in [0.2, 0.25) is 0 Å². The van der Waals surface area contributed by atoms with E-state index in [0.29, 0.717) is 11.0 Å². The number of hydrogen-bond donors (Lipinski definition) is 0. The van der Waals surface area contributed by atoms with Gasteiger partial charge in [-0.15, -0.1) is 5.10 Å². The zero-order valence-corrected chi connectivity index (χ0v) is 13.9. The van der Waals surface area contributed by atoms with Gasteiger partial charge in [-0.1, -0.05) is 22.9 Å². The van der Waals surface area contributed by atoms with Crippen molar-refractivity contribution in [1.29, 1.82) is 0 Å². The molecule has 0 saturated heterocycles. The largest absolute Gasteiger partial charge is 0.496 e. The van der Waals surface area contributed by atoms with Crippen molar-refractivity contribution < 1.29 is 18.7 Å². The topological polar surface area (TPSA) is 74.5 Å². The van der Waals surface area contributed by atoms with Crippen LogP contribution in [-0.2, 0) is 10.5 Å². The van der Waals surface area contributed by atoms with Crippen LogP contribution in [0.1, 0.15) is 23.2 Å². The number of thioether (sulfide) groups is 1. The number of carbonyl (C=O) groups is 1. The van der Waals surface area contributed by atoms with Crippen LogP contribution in [0.15, 0.2) is 32.3 Å². The number of hydrogen-bond acceptors (Lipinski definition) is 7. The lowest BCUT2D eigenvalue weighted by Crippen LogP contribution is -2.04. The molecule has 0 saturated carbocycles. The van der Waals surface area contributed by atoms with Gasteiger partial charge in [0.15, 0.2) is 0 Å². The molecule has 0 unspecified atom stereocenters. The third-order valence-electron chi connectivity index (χ3n) is 2.44. The van der Waals surface area contributed by atoms with Crippen LogP contribution in [0.4, 0.5) is 0 Å². The van der Waals surface area contributed by atoms with E-state index in [0.717, 1.165) is 15.8 Å². The summed E-state index contributed by atoms with van der Waals surface area (Å²) in [5.74, 6) is 0.665. The van der Waals surface area contributed by atoms with Crippen molar-refractivity contribution in [3.8, 4) is 5.75 Å². The summed E-state index contributed by atoms with van der Waals surface area (Å²) in [7, 11) is 1.61. The Kier molecular flexibility index (Phi) is 5.63. The molecule has 0 aliphatic rings. The van der Waals surface area contributed by atoms with E-state index in [2.05, 4.69) is 26.1 Å². The molecule has 0 aliphatic carbocycles.